The largest absolute Gasteiger partial charge is 0.314 e. The lowest BCUT2D eigenvalue weighted by atomic mass is 9.99. The molecule has 1 heterocycles. The maximum absolute atomic E-state index is 9.11. The molecule has 0 amide bonds. The smallest absolute Gasteiger partial charge is 0.0579 e. The van der Waals surface area contributed by atoms with Crippen LogP contribution in [0.4, 0.5) is 0 Å². The van der Waals surface area contributed by atoms with E-state index in [0.717, 1.165) is 0 Å². The fourth-order valence-corrected chi connectivity index (χ4v) is 3.16. The van der Waals surface area contributed by atoms with Crippen LogP contribution in [-0.2, 0) is 19.4 Å². The molecule has 1 aromatic heterocycles. The Kier molecular flexibility index (Phi) is 2.67. The van der Waals surface area contributed by atoms with Crippen LogP contribution in [-0.4, -0.2) is 17.3 Å². The lowest BCUT2D eigenvalue weighted by molar-refractivity contribution is -0.0723. The van der Waals surface area contributed by atoms with Crippen LogP contribution >= 0.6 is 11.3 Å². The van der Waals surface area contributed by atoms with Crippen LogP contribution in [0.3, 0.4) is 0 Å². The van der Waals surface area contributed by atoms with Crippen LogP contribution < -0.4 is 0 Å². The molecule has 3 heteroatoms. The summed E-state index contributed by atoms with van der Waals surface area (Å²) in [6.45, 7) is 0.664. The molecule has 0 aromatic carbocycles. The molecule has 0 unspecified atom stereocenters. The van der Waals surface area contributed by atoms with E-state index in [9.17, 15) is 0 Å². The Morgan fingerprint density at radius 1 is 1.46 bits per heavy atom. The molecule has 0 bridgehead atoms. The highest BCUT2D eigenvalue weighted by Gasteiger charge is 2.13. The molecular formula is C10H15NOS. The van der Waals surface area contributed by atoms with E-state index < -0.39 is 0 Å². The van der Waals surface area contributed by atoms with Gasteiger partial charge in [0, 0.05) is 16.8 Å². The van der Waals surface area contributed by atoms with Crippen molar-refractivity contribution in [3.8, 4) is 0 Å². The summed E-state index contributed by atoms with van der Waals surface area (Å²) in [5.41, 5.74) is 1.52. The van der Waals surface area contributed by atoms with E-state index in [1.165, 1.54) is 41.2 Å². The number of rotatable bonds is 2. The van der Waals surface area contributed by atoms with Crippen LogP contribution in [0.5, 0.6) is 0 Å². The number of aryl methyl sites for hydroxylation is 2. The summed E-state index contributed by atoms with van der Waals surface area (Å²) in [4.78, 5) is 2.83. The topological polar surface area (TPSA) is 23.5 Å². The summed E-state index contributed by atoms with van der Waals surface area (Å²) in [5, 5.41) is 10.4. The van der Waals surface area contributed by atoms with Crippen LogP contribution in [0.15, 0.2) is 6.07 Å². The summed E-state index contributed by atoms with van der Waals surface area (Å²) in [5.74, 6) is 0. The molecule has 0 radical (unpaired) electrons. The number of hydroxylamine groups is 2. The average molecular weight is 197 g/mol. The van der Waals surface area contributed by atoms with Crippen LogP contribution in [0.25, 0.3) is 0 Å². The summed E-state index contributed by atoms with van der Waals surface area (Å²) < 4.78 is 0. The normalized spacial score (nSPS) is 16.2. The molecule has 0 saturated carbocycles. The first kappa shape index (κ1) is 9.19. The molecule has 1 aliphatic carbocycles. The van der Waals surface area contributed by atoms with Crippen molar-refractivity contribution in [2.45, 2.75) is 32.2 Å². The lowest BCUT2D eigenvalue weighted by Crippen LogP contribution is -2.10. The van der Waals surface area contributed by atoms with Gasteiger partial charge in [-0.25, -0.2) is 0 Å². The minimum absolute atomic E-state index is 0.664. The van der Waals surface area contributed by atoms with Gasteiger partial charge in [0.2, 0.25) is 0 Å². The zero-order chi connectivity index (χ0) is 9.26. The molecule has 2 nitrogen and oxygen atoms in total. The van der Waals surface area contributed by atoms with Crippen molar-refractivity contribution in [2.75, 3.05) is 7.05 Å². The van der Waals surface area contributed by atoms with Gasteiger partial charge in [-0.1, -0.05) is 0 Å². The molecule has 1 aliphatic rings. The molecule has 0 saturated heterocycles. The zero-order valence-corrected chi connectivity index (χ0v) is 8.73. The molecule has 0 atom stereocenters. The van der Waals surface area contributed by atoms with Crippen LogP contribution in [0.1, 0.15) is 28.2 Å². The van der Waals surface area contributed by atoms with Crippen molar-refractivity contribution in [3.63, 3.8) is 0 Å². The van der Waals surface area contributed by atoms with Gasteiger partial charge in [-0.2, -0.15) is 5.06 Å². The van der Waals surface area contributed by atoms with Crippen molar-refractivity contribution in [2.24, 2.45) is 0 Å². The van der Waals surface area contributed by atoms with Gasteiger partial charge >= 0.3 is 0 Å². The highest BCUT2D eigenvalue weighted by atomic mass is 32.1. The van der Waals surface area contributed by atoms with Gasteiger partial charge in [-0.3, -0.25) is 0 Å². The Hall–Kier alpha value is -0.380. The number of hydrogen-bond donors (Lipinski definition) is 1. The third-order valence-corrected chi connectivity index (χ3v) is 3.65. The van der Waals surface area contributed by atoms with Gasteiger partial charge in [-0.15, -0.1) is 11.3 Å². The molecule has 0 fully saturated rings. The standard InChI is InChI=1S/C10H15NOS/c1-11(12)7-9-6-8-4-2-3-5-10(8)13-9/h6,12H,2-5,7H2,1H3. The molecule has 2 rings (SSSR count). The summed E-state index contributed by atoms with van der Waals surface area (Å²) >= 11 is 1.86. The van der Waals surface area contributed by atoms with Gasteiger partial charge in [0.1, 0.15) is 0 Å². The first-order valence-electron chi connectivity index (χ1n) is 4.76. The van der Waals surface area contributed by atoms with Crippen molar-refractivity contribution >= 4 is 11.3 Å². The summed E-state index contributed by atoms with van der Waals surface area (Å²) in [6.07, 6.45) is 5.15. The second-order valence-corrected chi connectivity index (χ2v) is 4.91. The van der Waals surface area contributed by atoms with Gasteiger partial charge in [0.05, 0.1) is 6.54 Å². The van der Waals surface area contributed by atoms with Gasteiger partial charge in [0.15, 0.2) is 0 Å². The van der Waals surface area contributed by atoms with E-state index in [1.54, 1.807) is 11.9 Å². The second kappa shape index (κ2) is 3.78. The number of hydrogen-bond acceptors (Lipinski definition) is 3. The predicted molar refractivity (Wildman–Crippen MR) is 54.2 cm³/mol. The van der Waals surface area contributed by atoms with E-state index in [0.29, 0.717) is 6.54 Å². The second-order valence-electron chi connectivity index (χ2n) is 3.68. The maximum atomic E-state index is 9.11. The van der Waals surface area contributed by atoms with Gasteiger partial charge < -0.3 is 5.21 Å². The van der Waals surface area contributed by atoms with Gasteiger partial charge in [-0.05, 0) is 37.3 Å². The predicted octanol–water partition coefficient (Wildman–Crippen LogP) is 2.45. The number of fused-ring (bicyclic) bond motifs is 1. The third kappa shape index (κ3) is 2.10. The Labute approximate surface area is 82.8 Å². The summed E-state index contributed by atoms with van der Waals surface area (Å²) in [6, 6.07) is 2.26. The molecule has 1 aromatic rings. The molecule has 0 spiro atoms. The monoisotopic (exact) mass is 197 g/mol. The van der Waals surface area contributed by atoms with Crippen LogP contribution in [0, 0.1) is 0 Å². The number of nitrogens with zero attached hydrogens (tertiary/aromatic N) is 1. The van der Waals surface area contributed by atoms with Crippen molar-refractivity contribution in [1.82, 2.24) is 5.06 Å². The molecular weight excluding hydrogens is 182 g/mol. The summed E-state index contributed by atoms with van der Waals surface area (Å²) in [7, 11) is 1.69. The zero-order valence-electron chi connectivity index (χ0n) is 7.92. The Bertz CT molecular complexity index is 270. The lowest BCUT2D eigenvalue weighted by Gasteiger charge is -2.08. The fraction of sp³-hybridized carbons (Fsp3) is 0.600. The van der Waals surface area contributed by atoms with Crippen molar-refractivity contribution in [1.29, 1.82) is 0 Å². The van der Waals surface area contributed by atoms with Crippen molar-refractivity contribution < 1.29 is 5.21 Å². The van der Waals surface area contributed by atoms with Gasteiger partial charge in [0.25, 0.3) is 0 Å². The molecule has 1 N–H and O–H groups in total. The SMILES string of the molecule is CN(O)Cc1cc2c(s1)CCCC2. The highest BCUT2D eigenvalue weighted by Crippen LogP contribution is 2.29. The first-order chi connectivity index (χ1) is 6.25. The number of thiophene rings is 1. The first-order valence-corrected chi connectivity index (χ1v) is 5.58. The molecule has 0 aliphatic heterocycles. The minimum atomic E-state index is 0.664. The maximum Gasteiger partial charge on any atom is 0.0579 e. The van der Waals surface area contributed by atoms with E-state index in [2.05, 4.69) is 6.07 Å². The average Bonchev–Trinajstić information content (AvgIpc) is 2.44. The highest BCUT2D eigenvalue weighted by molar-refractivity contribution is 7.12. The Balaban J connectivity index is 2.15. The Morgan fingerprint density at radius 2 is 2.23 bits per heavy atom. The van der Waals surface area contributed by atoms with E-state index >= 15 is 0 Å². The van der Waals surface area contributed by atoms with Crippen molar-refractivity contribution in [3.05, 3.63) is 21.4 Å². The van der Waals surface area contributed by atoms with E-state index in [-0.39, 0.29) is 0 Å². The Morgan fingerprint density at radius 3 is 2.92 bits per heavy atom. The van der Waals surface area contributed by atoms with E-state index in [4.69, 9.17) is 5.21 Å². The third-order valence-electron chi connectivity index (χ3n) is 2.43. The molecule has 13 heavy (non-hydrogen) atoms. The minimum Gasteiger partial charge on any atom is -0.314 e. The van der Waals surface area contributed by atoms with E-state index in [1.807, 2.05) is 11.3 Å². The van der Waals surface area contributed by atoms with Crippen LogP contribution in [0.2, 0.25) is 0 Å². The molecule has 72 valence electrons. The fourth-order valence-electron chi connectivity index (χ4n) is 1.86. The quantitative estimate of drug-likeness (QED) is 0.736.